The molecule has 1 aliphatic rings. The highest BCUT2D eigenvalue weighted by molar-refractivity contribution is 6.31. The van der Waals surface area contributed by atoms with Gasteiger partial charge in [0.2, 0.25) is 11.7 Å². The molecule has 0 bridgehead atoms. The van der Waals surface area contributed by atoms with Crippen LogP contribution < -0.4 is 5.32 Å². The summed E-state index contributed by atoms with van der Waals surface area (Å²) in [4.78, 5) is 17.3. The number of benzene rings is 2. The lowest BCUT2D eigenvalue weighted by Gasteiger charge is -2.04. The molecule has 7 nitrogen and oxygen atoms in total. The zero-order valence-corrected chi connectivity index (χ0v) is 18.3. The van der Waals surface area contributed by atoms with Crippen LogP contribution in [-0.2, 0) is 0 Å². The van der Waals surface area contributed by atoms with E-state index in [0.29, 0.717) is 33.7 Å². The molecule has 2 aromatic carbocycles. The maximum absolute atomic E-state index is 12.7. The number of anilines is 1. The fourth-order valence-electron chi connectivity index (χ4n) is 4.03. The first-order valence-corrected chi connectivity index (χ1v) is 11.0. The van der Waals surface area contributed by atoms with Crippen LogP contribution in [0.15, 0.2) is 59.3 Å². The van der Waals surface area contributed by atoms with Crippen LogP contribution >= 0.6 is 11.6 Å². The van der Waals surface area contributed by atoms with Gasteiger partial charge in [-0.25, -0.2) is 4.68 Å². The van der Waals surface area contributed by atoms with E-state index in [0.717, 1.165) is 30.0 Å². The fourth-order valence-corrected chi connectivity index (χ4v) is 4.22. The predicted octanol–water partition coefficient (Wildman–Crippen LogP) is 5.79. The van der Waals surface area contributed by atoms with Crippen molar-refractivity contribution in [3.8, 4) is 17.1 Å². The number of carbonyl (C=O) groups is 1. The van der Waals surface area contributed by atoms with Gasteiger partial charge in [0.05, 0.1) is 16.9 Å². The molecule has 4 aromatic rings. The molecule has 2 aromatic heterocycles. The molecule has 0 saturated heterocycles. The SMILES string of the molecule is Cc1nn(-c2ccc(-c3noc(C4CCCC4)n3)cc2)cc1C(=O)Nc1cccc(Cl)c1. The van der Waals surface area contributed by atoms with Crippen molar-refractivity contribution in [2.75, 3.05) is 5.32 Å². The Labute approximate surface area is 190 Å². The van der Waals surface area contributed by atoms with Gasteiger partial charge in [-0.1, -0.05) is 35.7 Å². The first kappa shape index (κ1) is 20.5. The number of nitrogens with one attached hydrogen (secondary N) is 1. The summed E-state index contributed by atoms with van der Waals surface area (Å²) in [6.45, 7) is 1.81. The standard InChI is InChI=1S/C24H22ClN5O2/c1-15-21(23(31)26-19-8-4-7-18(25)13-19)14-30(28-15)20-11-9-16(10-12-20)22-27-24(32-29-22)17-5-2-3-6-17/h4,7-14,17H,2-3,5-6H2,1H3,(H,26,31). The van der Waals surface area contributed by atoms with Crippen molar-refractivity contribution in [3.05, 3.63) is 76.9 Å². The summed E-state index contributed by atoms with van der Waals surface area (Å²) < 4.78 is 7.17. The molecule has 1 saturated carbocycles. The van der Waals surface area contributed by atoms with E-state index in [2.05, 4.69) is 20.6 Å². The van der Waals surface area contributed by atoms with Crippen LogP contribution in [0.1, 0.15) is 53.5 Å². The van der Waals surface area contributed by atoms with E-state index in [1.807, 2.05) is 31.2 Å². The van der Waals surface area contributed by atoms with Gasteiger partial charge in [0, 0.05) is 28.4 Å². The van der Waals surface area contributed by atoms with Crippen LogP contribution in [0.2, 0.25) is 5.02 Å². The van der Waals surface area contributed by atoms with Gasteiger partial charge in [0.25, 0.3) is 5.91 Å². The van der Waals surface area contributed by atoms with E-state index in [1.165, 1.54) is 12.8 Å². The molecule has 32 heavy (non-hydrogen) atoms. The van der Waals surface area contributed by atoms with Gasteiger partial charge in [-0.05, 0) is 62.2 Å². The largest absolute Gasteiger partial charge is 0.339 e. The molecule has 162 valence electrons. The van der Waals surface area contributed by atoms with Gasteiger partial charge in [0.15, 0.2) is 0 Å². The number of nitrogens with zero attached hydrogens (tertiary/aromatic N) is 4. The second-order valence-corrected chi connectivity index (χ2v) is 8.46. The van der Waals surface area contributed by atoms with Gasteiger partial charge < -0.3 is 9.84 Å². The third-order valence-electron chi connectivity index (χ3n) is 5.76. The van der Waals surface area contributed by atoms with Gasteiger partial charge >= 0.3 is 0 Å². The summed E-state index contributed by atoms with van der Waals surface area (Å²) >= 11 is 6.00. The molecule has 0 spiro atoms. The number of hydrogen-bond acceptors (Lipinski definition) is 5. The summed E-state index contributed by atoms with van der Waals surface area (Å²) in [5.41, 5.74) is 3.47. The van der Waals surface area contributed by atoms with Gasteiger partial charge in [-0.2, -0.15) is 10.1 Å². The van der Waals surface area contributed by atoms with E-state index in [4.69, 9.17) is 16.1 Å². The molecular weight excluding hydrogens is 426 g/mol. The van der Waals surface area contributed by atoms with Gasteiger partial charge in [-0.15, -0.1) is 0 Å². The topological polar surface area (TPSA) is 85.8 Å². The highest BCUT2D eigenvalue weighted by Gasteiger charge is 2.23. The zero-order valence-electron chi connectivity index (χ0n) is 17.6. The Bertz CT molecular complexity index is 1260. The lowest BCUT2D eigenvalue weighted by molar-refractivity contribution is 0.102. The zero-order chi connectivity index (χ0) is 22.1. The highest BCUT2D eigenvalue weighted by atomic mass is 35.5. The fraction of sp³-hybridized carbons (Fsp3) is 0.250. The summed E-state index contributed by atoms with van der Waals surface area (Å²) in [5, 5.41) is 12.1. The van der Waals surface area contributed by atoms with E-state index >= 15 is 0 Å². The van der Waals surface area contributed by atoms with Crippen molar-refractivity contribution < 1.29 is 9.32 Å². The van der Waals surface area contributed by atoms with Crippen LogP contribution in [0.5, 0.6) is 0 Å². The molecule has 1 N–H and O–H groups in total. The van der Waals surface area contributed by atoms with Crippen molar-refractivity contribution in [1.29, 1.82) is 0 Å². The molecular formula is C24H22ClN5O2. The molecule has 0 aliphatic heterocycles. The van der Waals surface area contributed by atoms with Crippen LogP contribution in [0, 0.1) is 6.92 Å². The lowest BCUT2D eigenvalue weighted by atomic mass is 10.1. The van der Waals surface area contributed by atoms with E-state index in [9.17, 15) is 4.79 Å². The second-order valence-electron chi connectivity index (χ2n) is 8.02. The van der Waals surface area contributed by atoms with Gasteiger partial charge in [-0.3, -0.25) is 4.79 Å². The quantitative estimate of drug-likeness (QED) is 0.418. The summed E-state index contributed by atoms with van der Waals surface area (Å²) in [6.07, 6.45) is 6.40. The lowest BCUT2D eigenvalue weighted by Crippen LogP contribution is -2.12. The number of rotatable bonds is 5. The van der Waals surface area contributed by atoms with E-state index in [-0.39, 0.29) is 5.91 Å². The Morgan fingerprint density at radius 1 is 1.16 bits per heavy atom. The monoisotopic (exact) mass is 447 g/mol. The Balaban J connectivity index is 1.33. The van der Waals surface area contributed by atoms with Crippen molar-refractivity contribution in [2.24, 2.45) is 0 Å². The van der Waals surface area contributed by atoms with E-state index in [1.54, 1.807) is 35.1 Å². The summed E-state index contributed by atoms with van der Waals surface area (Å²) in [6, 6.07) is 14.7. The summed E-state index contributed by atoms with van der Waals surface area (Å²) in [5.74, 6) is 1.48. The first-order valence-electron chi connectivity index (χ1n) is 10.6. The van der Waals surface area contributed by atoms with Crippen LogP contribution in [0.3, 0.4) is 0 Å². The maximum atomic E-state index is 12.7. The van der Waals surface area contributed by atoms with Gasteiger partial charge in [0.1, 0.15) is 0 Å². The molecule has 2 heterocycles. The number of amides is 1. The average Bonchev–Trinajstić information content (AvgIpc) is 3.54. The summed E-state index contributed by atoms with van der Waals surface area (Å²) in [7, 11) is 0. The molecule has 0 unspecified atom stereocenters. The molecule has 8 heteroatoms. The highest BCUT2D eigenvalue weighted by Crippen LogP contribution is 2.34. The molecule has 1 fully saturated rings. The number of carbonyl (C=O) groups excluding carboxylic acids is 1. The number of aromatic nitrogens is 4. The normalized spacial score (nSPS) is 14.1. The number of aryl methyl sites for hydroxylation is 1. The minimum Gasteiger partial charge on any atom is -0.339 e. The smallest absolute Gasteiger partial charge is 0.259 e. The molecule has 1 aliphatic carbocycles. The van der Waals surface area contributed by atoms with Crippen molar-refractivity contribution in [2.45, 2.75) is 38.5 Å². The molecule has 0 radical (unpaired) electrons. The third-order valence-corrected chi connectivity index (χ3v) is 6.00. The second kappa shape index (κ2) is 8.59. The minimum atomic E-state index is -0.237. The van der Waals surface area contributed by atoms with Crippen LogP contribution in [0.4, 0.5) is 5.69 Å². The van der Waals surface area contributed by atoms with Crippen LogP contribution in [-0.4, -0.2) is 25.8 Å². The average molecular weight is 448 g/mol. The van der Waals surface area contributed by atoms with Crippen LogP contribution in [0.25, 0.3) is 17.1 Å². The van der Waals surface area contributed by atoms with Crippen molar-refractivity contribution in [1.82, 2.24) is 19.9 Å². The molecule has 1 amide bonds. The van der Waals surface area contributed by atoms with Crippen molar-refractivity contribution in [3.63, 3.8) is 0 Å². The third kappa shape index (κ3) is 4.16. The molecule has 0 atom stereocenters. The number of hydrogen-bond donors (Lipinski definition) is 1. The Kier molecular flexibility index (Phi) is 5.49. The first-order chi connectivity index (χ1) is 15.6. The minimum absolute atomic E-state index is 0.237. The van der Waals surface area contributed by atoms with Crippen molar-refractivity contribution >= 4 is 23.2 Å². The van der Waals surface area contributed by atoms with E-state index < -0.39 is 0 Å². The predicted molar refractivity (Wildman–Crippen MR) is 122 cm³/mol. The molecule has 5 rings (SSSR count). The Hall–Kier alpha value is -3.45. The Morgan fingerprint density at radius 3 is 2.69 bits per heavy atom. The number of halogens is 1. The maximum Gasteiger partial charge on any atom is 0.259 e. The Morgan fingerprint density at radius 2 is 1.94 bits per heavy atom.